The summed E-state index contributed by atoms with van der Waals surface area (Å²) < 4.78 is 10.8. The highest BCUT2D eigenvalue weighted by molar-refractivity contribution is 5.71. The maximum absolute atomic E-state index is 10.5. The minimum absolute atomic E-state index is 0.0480. The first-order valence-corrected chi connectivity index (χ1v) is 4.93. The van der Waals surface area contributed by atoms with Gasteiger partial charge in [0.25, 0.3) is 0 Å². The molecule has 82 valence electrons. The van der Waals surface area contributed by atoms with Crippen molar-refractivity contribution in [3.8, 4) is 0 Å². The molecule has 1 aliphatic heterocycles. The van der Waals surface area contributed by atoms with Gasteiger partial charge in [0, 0.05) is 0 Å². The Morgan fingerprint density at radius 3 is 2.79 bits per heavy atom. The Labute approximate surface area is 84.2 Å². The van der Waals surface area contributed by atoms with Crippen LogP contribution in [-0.2, 0) is 14.3 Å². The molecule has 0 spiro atoms. The van der Waals surface area contributed by atoms with Gasteiger partial charge in [-0.25, -0.2) is 4.79 Å². The lowest BCUT2D eigenvalue weighted by atomic mass is 10.1. The molecule has 2 atom stereocenters. The molecule has 1 heterocycles. The summed E-state index contributed by atoms with van der Waals surface area (Å²) in [6.45, 7) is 5.97. The van der Waals surface area contributed by atoms with Crippen molar-refractivity contribution >= 4 is 5.97 Å². The number of carboxylic acids is 1. The molecule has 4 nitrogen and oxygen atoms in total. The van der Waals surface area contributed by atoms with Gasteiger partial charge in [-0.3, -0.25) is 0 Å². The number of hydrogen-bond acceptors (Lipinski definition) is 3. The second-order valence-corrected chi connectivity index (χ2v) is 4.35. The Morgan fingerprint density at radius 1 is 1.71 bits per heavy atom. The van der Waals surface area contributed by atoms with Gasteiger partial charge >= 0.3 is 5.97 Å². The maximum Gasteiger partial charge on any atom is 0.332 e. The zero-order valence-corrected chi connectivity index (χ0v) is 8.95. The molecule has 0 aromatic carbocycles. The molecule has 0 amide bonds. The van der Waals surface area contributed by atoms with Gasteiger partial charge in [-0.2, -0.15) is 0 Å². The first kappa shape index (κ1) is 11.5. The predicted molar refractivity (Wildman–Crippen MR) is 51.2 cm³/mol. The van der Waals surface area contributed by atoms with Crippen LogP contribution in [0.3, 0.4) is 0 Å². The van der Waals surface area contributed by atoms with E-state index in [0.717, 1.165) is 12.8 Å². The monoisotopic (exact) mass is 202 g/mol. The van der Waals surface area contributed by atoms with Crippen LogP contribution in [-0.4, -0.2) is 35.5 Å². The minimum atomic E-state index is -0.928. The van der Waals surface area contributed by atoms with E-state index in [4.69, 9.17) is 14.6 Å². The zero-order chi connectivity index (χ0) is 10.8. The highest BCUT2D eigenvalue weighted by Crippen LogP contribution is 2.29. The molecule has 0 radical (unpaired) electrons. The molecule has 1 aliphatic rings. The van der Waals surface area contributed by atoms with Crippen LogP contribution in [0.2, 0.25) is 0 Å². The number of ether oxygens (including phenoxy) is 2. The molecule has 0 aliphatic carbocycles. The van der Waals surface area contributed by atoms with Crippen molar-refractivity contribution in [3.05, 3.63) is 0 Å². The van der Waals surface area contributed by atoms with E-state index in [1.54, 1.807) is 0 Å². The van der Waals surface area contributed by atoms with Gasteiger partial charge in [0.1, 0.15) is 0 Å². The Balaban J connectivity index is 2.24. The largest absolute Gasteiger partial charge is 0.479 e. The molecule has 0 aromatic rings. The molecule has 1 rings (SSSR count). The molecular weight excluding hydrogens is 184 g/mol. The topological polar surface area (TPSA) is 55.8 Å². The van der Waals surface area contributed by atoms with E-state index >= 15 is 0 Å². The van der Waals surface area contributed by atoms with Crippen molar-refractivity contribution < 1.29 is 19.4 Å². The van der Waals surface area contributed by atoms with Crippen LogP contribution in [0.15, 0.2) is 0 Å². The van der Waals surface area contributed by atoms with E-state index in [1.165, 1.54) is 6.92 Å². The summed E-state index contributed by atoms with van der Waals surface area (Å²) in [6.07, 6.45) is 1.25. The summed E-state index contributed by atoms with van der Waals surface area (Å²) in [5, 5.41) is 8.59. The summed E-state index contributed by atoms with van der Waals surface area (Å²) in [4.78, 5) is 10.5. The molecule has 0 saturated carbocycles. The summed E-state index contributed by atoms with van der Waals surface area (Å²) in [5.74, 6) is -0.928. The Kier molecular flexibility index (Phi) is 3.50. The van der Waals surface area contributed by atoms with Gasteiger partial charge in [-0.15, -0.1) is 0 Å². The lowest BCUT2D eigenvalue weighted by Crippen LogP contribution is -2.27. The molecule has 1 saturated heterocycles. The average molecular weight is 202 g/mol. The van der Waals surface area contributed by atoms with Crippen LogP contribution in [0, 0.1) is 0 Å². The lowest BCUT2D eigenvalue weighted by Gasteiger charge is -2.19. The summed E-state index contributed by atoms with van der Waals surface area (Å²) in [5.41, 5.74) is -0.0828. The number of carboxylic acid groups (broad SMARTS) is 1. The van der Waals surface area contributed by atoms with E-state index < -0.39 is 12.1 Å². The smallest absolute Gasteiger partial charge is 0.332 e. The van der Waals surface area contributed by atoms with Crippen LogP contribution in [0.1, 0.15) is 33.6 Å². The number of hydrogen-bond donors (Lipinski definition) is 1. The molecule has 1 N–H and O–H groups in total. The zero-order valence-electron chi connectivity index (χ0n) is 8.95. The van der Waals surface area contributed by atoms with E-state index in [2.05, 4.69) is 0 Å². The van der Waals surface area contributed by atoms with Crippen molar-refractivity contribution in [1.29, 1.82) is 0 Å². The summed E-state index contributed by atoms with van der Waals surface area (Å²) >= 11 is 0. The molecule has 0 aromatic heterocycles. The first-order valence-electron chi connectivity index (χ1n) is 4.93. The highest BCUT2D eigenvalue weighted by atomic mass is 16.6. The number of rotatable bonds is 4. The van der Waals surface area contributed by atoms with E-state index in [9.17, 15) is 4.79 Å². The van der Waals surface area contributed by atoms with Crippen LogP contribution in [0.25, 0.3) is 0 Å². The summed E-state index contributed by atoms with van der Waals surface area (Å²) in [7, 11) is 0. The van der Waals surface area contributed by atoms with E-state index in [0.29, 0.717) is 6.61 Å². The SMILES string of the molecule is CC(OCC1CCC(C)(C)O1)C(=O)O. The van der Waals surface area contributed by atoms with Crippen molar-refractivity contribution in [2.45, 2.75) is 51.4 Å². The van der Waals surface area contributed by atoms with Gasteiger partial charge < -0.3 is 14.6 Å². The lowest BCUT2D eigenvalue weighted by molar-refractivity contribution is -0.152. The molecule has 0 bridgehead atoms. The molecule has 14 heavy (non-hydrogen) atoms. The highest BCUT2D eigenvalue weighted by Gasteiger charge is 2.32. The van der Waals surface area contributed by atoms with Gasteiger partial charge in [-0.05, 0) is 33.6 Å². The fourth-order valence-corrected chi connectivity index (χ4v) is 1.52. The number of aliphatic carboxylic acids is 1. The minimum Gasteiger partial charge on any atom is -0.479 e. The standard InChI is InChI=1S/C10H18O4/c1-7(9(11)12)13-6-8-4-5-10(2,3)14-8/h7-8H,4-6H2,1-3H3,(H,11,12). The predicted octanol–water partition coefficient (Wildman–Crippen LogP) is 1.43. The van der Waals surface area contributed by atoms with E-state index in [1.807, 2.05) is 13.8 Å². The average Bonchev–Trinajstić information content (AvgIpc) is 2.41. The van der Waals surface area contributed by atoms with Crippen LogP contribution in [0.4, 0.5) is 0 Å². The third-order valence-electron chi connectivity index (χ3n) is 2.43. The fraction of sp³-hybridized carbons (Fsp3) is 0.900. The quantitative estimate of drug-likeness (QED) is 0.749. The number of carbonyl (C=O) groups is 1. The van der Waals surface area contributed by atoms with Gasteiger partial charge in [0.2, 0.25) is 0 Å². The molecule has 1 fully saturated rings. The van der Waals surface area contributed by atoms with E-state index in [-0.39, 0.29) is 11.7 Å². The van der Waals surface area contributed by atoms with Crippen LogP contribution >= 0.6 is 0 Å². The third kappa shape index (κ3) is 3.27. The van der Waals surface area contributed by atoms with Crippen molar-refractivity contribution in [1.82, 2.24) is 0 Å². The van der Waals surface area contributed by atoms with Crippen molar-refractivity contribution in [2.24, 2.45) is 0 Å². The van der Waals surface area contributed by atoms with Crippen LogP contribution < -0.4 is 0 Å². The summed E-state index contributed by atoms with van der Waals surface area (Å²) in [6, 6.07) is 0. The van der Waals surface area contributed by atoms with Gasteiger partial charge in [0.05, 0.1) is 18.3 Å². The Hall–Kier alpha value is -0.610. The van der Waals surface area contributed by atoms with Gasteiger partial charge in [-0.1, -0.05) is 0 Å². The Morgan fingerprint density at radius 2 is 2.36 bits per heavy atom. The molecule has 2 unspecified atom stereocenters. The molecular formula is C10H18O4. The van der Waals surface area contributed by atoms with Crippen molar-refractivity contribution in [2.75, 3.05) is 6.61 Å². The third-order valence-corrected chi connectivity index (χ3v) is 2.43. The maximum atomic E-state index is 10.5. The Bertz CT molecular complexity index is 212. The van der Waals surface area contributed by atoms with Crippen molar-refractivity contribution in [3.63, 3.8) is 0 Å². The second kappa shape index (κ2) is 4.28. The van der Waals surface area contributed by atoms with Gasteiger partial charge in [0.15, 0.2) is 6.10 Å². The molecule has 4 heteroatoms. The first-order chi connectivity index (χ1) is 6.41. The fourth-order valence-electron chi connectivity index (χ4n) is 1.52. The second-order valence-electron chi connectivity index (χ2n) is 4.35. The normalized spacial score (nSPS) is 27.5. The van der Waals surface area contributed by atoms with Crippen LogP contribution in [0.5, 0.6) is 0 Å².